The average molecular weight is 313 g/mol. The fourth-order valence-corrected chi connectivity index (χ4v) is 4.64. The lowest BCUT2D eigenvalue weighted by molar-refractivity contribution is -0.103. The molecule has 0 saturated carbocycles. The van der Waals surface area contributed by atoms with E-state index in [1.165, 1.54) is 28.6 Å². The fourth-order valence-electron chi connectivity index (χ4n) is 3.19. The van der Waals surface area contributed by atoms with Gasteiger partial charge in [0.1, 0.15) is 5.82 Å². The van der Waals surface area contributed by atoms with Gasteiger partial charge in [-0.25, -0.2) is 12.8 Å². The molecule has 0 unspecified atom stereocenters. The van der Waals surface area contributed by atoms with Crippen molar-refractivity contribution in [3.05, 3.63) is 30.1 Å². The molecule has 0 aromatic heterocycles. The maximum absolute atomic E-state index is 12.9. The minimum Gasteiger partial charge on any atom is -0.375 e. The first-order valence-corrected chi connectivity index (χ1v) is 8.86. The van der Waals surface area contributed by atoms with Crippen molar-refractivity contribution in [2.45, 2.75) is 42.6 Å². The van der Waals surface area contributed by atoms with Gasteiger partial charge in [-0.1, -0.05) is 0 Å². The van der Waals surface area contributed by atoms with Crippen molar-refractivity contribution in [3.8, 4) is 0 Å². The Hall–Kier alpha value is -0.980. The number of benzene rings is 1. The molecule has 4 nitrogen and oxygen atoms in total. The molecule has 3 rings (SSSR count). The summed E-state index contributed by atoms with van der Waals surface area (Å²) in [5.74, 6) is -0.429. The van der Waals surface area contributed by atoms with E-state index in [0.717, 1.165) is 38.7 Å². The van der Waals surface area contributed by atoms with Gasteiger partial charge in [0.15, 0.2) is 0 Å². The van der Waals surface area contributed by atoms with Gasteiger partial charge in [0.25, 0.3) is 0 Å². The number of hydrogen-bond donors (Lipinski definition) is 0. The molecule has 6 heteroatoms. The molecule has 1 aromatic carbocycles. The zero-order chi connectivity index (χ0) is 14.9. The molecule has 116 valence electrons. The SMILES string of the molecule is O=S(=O)(c1ccc(F)cc1)N1CCC2(CCCCO2)CC1. The first-order chi connectivity index (χ1) is 10.0. The van der Waals surface area contributed by atoms with Crippen LogP contribution in [0.25, 0.3) is 0 Å². The van der Waals surface area contributed by atoms with Crippen molar-refractivity contribution in [1.82, 2.24) is 4.31 Å². The van der Waals surface area contributed by atoms with Gasteiger partial charge in [0.2, 0.25) is 10.0 Å². The van der Waals surface area contributed by atoms with Gasteiger partial charge in [-0.3, -0.25) is 0 Å². The third kappa shape index (κ3) is 2.98. The lowest BCUT2D eigenvalue weighted by atomic mass is 9.85. The van der Waals surface area contributed by atoms with E-state index in [1.54, 1.807) is 0 Å². The van der Waals surface area contributed by atoms with Crippen molar-refractivity contribution in [2.24, 2.45) is 0 Å². The molecule has 0 amide bonds. The molecule has 0 radical (unpaired) electrons. The lowest BCUT2D eigenvalue weighted by Gasteiger charge is -2.43. The molecule has 1 spiro atoms. The van der Waals surface area contributed by atoms with Gasteiger partial charge < -0.3 is 4.74 Å². The van der Waals surface area contributed by atoms with E-state index in [0.29, 0.717) is 13.1 Å². The molecule has 2 fully saturated rings. The first kappa shape index (κ1) is 14.9. The van der Waals surface area contributed by atoms with Crippen LogP contribution in [-0.2, 0) is 14.8 Å². The molecule has 21 heavy (non-hydrogen) atoms. The summed E-state index contributed by atoms with van der Waals surface area (Å²) in [7, 11) is -3.52. The zero-order valence-corrected chi connectivity index (χ0v) is 12.7. The number of rotatable bonds is 2. The second-order valence-corrected chi connectivity index (χ2v) is 7.78. The van der Waals surface area contributed by atoms with Crippen LogP contribution in [0.3, 0.4) is 0 Å². The summed E-state index contributed by atoms with van der Waals surface area (Å²) in [6.07, 6.45) is 4.77. The summed E-state index contributed by atoms with van der Waals surface area (Å²) in [5, 5.41) is 0. The molecular formula is C15H20FNO3S. The van der Waals surface area contributed by atoms with Crippen LogP contribution in [0.1, 0.15) is 32.1 Å². The summed E-state index contributed by atoms with van der Waals surface area (Å²) in [5.41, 5.74) is -0.118. The molecule has 2 aliphatic heterocycles. The summed E-state index contributed by atoms with van der Waals surface area (Å²) >= 11 is 0. The normalized spacial score (nSPS) is 23.3. The van der Waals surface area contributed by atoms with Crippen molar-refractivity contribution >= 4 is 10.0 Å². The van der Waals surface area contributed by atoms with Crippen LogP contribution in [0.2, 0.25) is 0 Å². The zero-order valence-electron chi connectivity index (χ0n) is 11.9. The highest BCUT2D eigenvalue weighted by molar-refractivity contribution is 7.89. The summed E-state index contributed by atoms with van der Waals surface area (Å²) in [4.78, 5) is 0.157. The number of nitrogens with zero attached hydrogens (tertiary/aromatic N) is 1. The highest BCUT2D eigenvalue weighted by atomic mass is 32.2. The lowest BCUT2D eigenvalue weighted by Crippen LogP contribution is -2.49. The molecule has 2 saturated heterocycles. The van der Waals surface area contributed by atoms with E-state index in [9.17, 15) is 12.8 Å². The predicted octanol–water partition coefficient (Wildman–Crippen LogP) is 2.55. The Morgan fingerprint density at radius 2 is 1.71 bits per heavy atom. The molecule has 0 aliphatic carbocycles. The standard InChI is InChI=1S/C15H20FNO3S/c16-13-3-5-14(6-4-13)21(18,19)17-10-8-15(9-11-17)7-1-2-12-20-15/h3-6H,1-2,7-12H2. The Bertz CT molecular complexity index is 584. The van der Waals surface area contributed by atoms with E-state index in [4.69, 9.17) is 4.74 Å². The number of sulfonamides is 1. The average Bonchev–Trinajstić information content (AvgIpc) is 2.49. The summed E-state index contributed by atoms with van der Waals surface area (Å²) in [6, 6.07) is 5.02. The number of hydrogen-bond acceptors (Lipinski definition) is 3. The van der Waals surface area contributed by atoms with Crippen LogP contribution in [0.15, 0.2) is 29.2 Å². The van der Waals surface area contributed by atoms with Crippen LogP contribution in [0, 0.1) is 5.82 Å². The second-order valence-electron chi connectivity index (χ2n) is 5.85. The van der Waals surface area contributed by atoms with E-state index in [1.807, 2.05) is 0 Å². The predicted molar refractivity (Wildman–Crippen MR) is 76.9 cm³/mol. The Morgan fingerprint density at radius 3 is 2.29 bits per heavy atom. The van der Waals surface area contributed by atoms with Gasteiger partial charge in [0, 0.05) is 19.7 Å². The van der Waals surface area contributed by atoms with Crippen molar-refractivity contribution in [1.29, 1.82) is 0 Å². The number of piperidine rings is 1. The van der Waals surface area contributed by atoms with E-state index in [2.05, 4.69) is 0 Å². The second kappa shape index (κ2) is 5.66. The Kier molecular flexibility index (Phi) is 4.03. The monoisotopic (exact) mass is 313 g/mol. The van der Waals surface area contributed by atoms with Gasteiger partial charge in [-0.05, 0) is 56.4 Å². The topological polar surface area (TPSA) is 46.6 Å². The van der Waals surface area contributed by atoms with E-state index >= 15 is 0 Å². The van der Waals surface area contributed by atoms with E-state index < -0.39 is 15.8 Å². The Morgan fingerprint density at radius 1 is 1.05 bits per heavy atom. The van der Waals surface area contributed by atoms with Gasteiger partial charge in [-0.2, -0.15) is 4.31 Å². The summed E-state index contributed by atoms with van der Waals surface area (Å²) in [6.45, 7) is 1.73. The maximum Gasteiger partial charge on any atom is 0.243 e. The van der Waals surface area contributed by atoms with Crippen LogP contribution in [0.5, 0.6) is 0 Å². The molecule has 0 atom stereocenters. The number of halogens is 1. The molecular weight excluding hydrogens is 293 g/mol. The van der Waals surface area contributed by atoms with Crippen molar-refractivity contribution in [3.63, 3.8) is 0 Å². The highest BCUT2D eigenvalue weighted by Crippen LogP contribution is 2.36. The minimum atomic E-state index is -3.52. The van der Waals surface area contributed by atoms with Crippen LogP contribution in [-0.4, -0.2) is 38.0 Å². The van der Waals surface area contributed by atoms with Crippen molar-refractivity contribution < 1.29 is 17.5 Å². The molecule has 0 N–H and O–H groups in total. The third-order valence-electron chi connectivity index (χ3n) is 4.52. The summed E-state index contributed by atoms with van der Waals surface area (Å²) < 4.78 is 45.4. The highest BCUT2D eigenvalue weighted by Gasteiger charge is 2.40. The fraction of sp³-hybridized carbons (Fsp3) is 0.600. The van der Waals surface area contributed by atoms with E-state index in [-0.39, 0.29) is 10.5 Å². The maximum atomic E-state index is 12.9. The minimum absolute atomic E-state index is 0.118. The van der Waals surface area contributed by atoms with Gasteiger partial charge in [-0.15, -0.1) is 0 Å². The Balaban J connectivity index is 1.72. The van der Waals surface area contributed by atoms with Crippen LogP contribution < -0.4 is 0 Å². The molecule has 2 heterocycles. The molecule has 0 bridgehead atoms. The smallest absolute Gasteiger partial charge is 0.243 e. The van der Waals surface area contributed by atoms with Crippen molar-refractivity contribution in [2.75, 3.05) is 19.7 Å². The molecule has 1 aromatic rings. The largest absolute Gasteiger partial charge is 0.375 e. The number of ether oxygens (including phenoxy) is 1. The first-order valence-electron chi connectivity index (χ1n) is 7.42. The Labute approximate surface area is 125 Å². The van der Waals surface area contributed by atoms with Gasteiger partial charge in [0.05, 0.1) is 10.5 Å². The molecule has 2 aliphatic rings. The van der Waals surface area contributed by atoms with Crippen LogP contribution in [0.4, 0.5) is 4.39 Å². The quantitative estimate of drug-likeness (QED) is 0.843. The van der Waals surface area contributed by atoms with Gasteiger partial charge >= 0.3 is 0 Å². The third-order valence-corrected chi connectivity index (χ3v) is 6.43. The van der Waals surface area contributed by atoms with Crippen LogP contribution >= 0.6 is 0 Å².